The molecule has 0 aliphatic heterocycles. The minimum Gasteiger partial charge on any atom is -0.493 e. The van der Waals surface area contributed by atoms with Gasteiger partial charge in [-0.2, -0.15) is 0 Å². The molecule has 1 unspecified atom stereocenters. The van der Waals surface area contributed by atoms with E-state index >= 15 is 0 Å². The molecule has 0 fully saturated rings. The minimum atomic E-state index is -0.297. The second-order valence-corrected chi connectivity index (χ2v) is 6.35. The molecule has 0 saturated heterocycles. The van der Waals surface area contributed by atoms with Gasteiger partial charge in [0.2, 0.25) is 0 Å². The van der Waals surface area contributed by atoms with E-state index in [4.69, 9.17) is 9.47 Å². The van der Waals surface area contributed by atoms with E-state index in [2.05, 4.69) is 10.6 Å². The molecule has 0 spiro atoms. The van der Waals surface area contributed by atoms with Crippen molar-refractivity contribution in [2.75, 3.05) is 19.0 Å². The number of amides is 2. The number of nitrogens with one attached hydrogen (secondary N) is 2. The van der Waals surface area contributed by atoms with E-state index in [1.54, 1.807) is 37.4 Å². The molecule has 6 nitrogen and oxygen atoms in total. The number of anilines is 1. The zero-order chi connectivity index (χ0) is 19.8. The van der Waals surface area contributed by atoms with Gasteiger partial charge in [0.25, 0.3) is 11.8 Å². The summed E-state index contributed by atoms with van der Waals surface area (Å²) >= 11 is 0. The molecule has 144 valence electrons. The van der Waals surface area contributed by atoms with E-state index in [-0.39, 0.29) is 24.5 Å². The summed E-state index contributed by atoms with van der Waals surface area (Å²) in [6.07, 6.45) is 0.867. The SMILES string of the molecule is CCC(C)NC(=O)c1ccc(NC(=O)COc2ccc(C)cc2OC)cc1. The molecule has 6 heteroatoms. The van der Waals surface area contributed by atoms with Crippen LogP contribution in [0.15, 0.2) is 42.5 Å². The lowest BCUT2D eigenvalue weighted by Crippen LogP contribution is -2.31. The molecule has 0 bridgehead atoms. The van der Waals surface area contributed by atoms with E-state index in [0.29, 0.717) is 22.7 Å². The fourth-order valence-electron chi connectivity index (χ4n) is 2.35. The highest BCUT2D eigenvalue weighted by Gasteiger charge is 2.10. The zero-order valence-corrected chi connectivity index (χ0v) is 16.2. The molecular weight excluding hydrogens is 344 g/mol. The van der Waals surface area contributed by atoms with E-state index in [9.17, 15) is 9.59 Å². The summed E-state index contributed by atoms with van der Waals surface area (Å²) in [5.41, 5.74) is 2.19. The first-order valence-corrected chi connectivity index (χ1v) is 8.91. The molecule has 0 aromatic heterocycles. The van der Waals surface area contributed by atoms with Gasteiger partial charge in [-0.05, 0) is 62.2 Å². The van der Waals surface area contributed by atoms with Gasteiger partial charge in [0.1, 0.15) is 0 Å². The van der Waals surface area contributed by atoms with Crippen LogP contribution in [0.25, 0.3) is 0 Å². The number of methoxy groups -OCH3 is 1. The Kier molecular flexibility index (Phi) is 7.23. The third-order valence-corrected chi connectivity index (χ3v) is 4.10. The molecule has 27 heavy (non-hydrogen) atoms. The van der Waals surface area contributed by atoms with Crippen molar-refractivity contribution in [1.82, 2.24) is 5.32 Å². The van der Waals surface area contributed by atoms with Crippen molar-refractivity contribution < 1.29 is 19.1 Å². The molecule has 1 atom stereocenters. The molecule has 0 heterocycles. The standard InChI is InChI=1S/C21H26N2O4/c1-5-15(3)22-21(25)16-7-9-17(10-8-16)23-20(24)13-27-18-11-6-14(2)12-19(18)26-4/h6-12,15H,5,13H2,1-4H3,(H,22,25)(H,23,24). The van der Waals surface area contributed by atoms with Gasteiger partial charge < -0.3 is 20.1 Å². The largest absolute Gasteiger partial charge is 0.493 e. The predicted octanol–water partition coefficient (Wildman–Crippen LogP) is 3.55. The van der Waals surface area contributed by atoms with Crippen LogP contribution >= 0.6 is 0 Å². The van der Waals surface area contributed by atoms with Gasteiger partial charge >= 0.3 is 0 Å². The monoisotopic (exact) mass is 370 g/mol. The lowest BCUT2D eigenvalue weighted by atomic mass is 10.1. The zero-order valence-electron chi connectivity index (χ0n) is 16.2. The summed E-state index contributed by atoms with van der Waals surface area (Å²) in [7, 11) is 1.56. The van der Waals surface area contributed by atoms with Gasteiger partial charge in [-0.3, -0.25) is 9.59 Å². The van der Waals surface area contributed by atoms with E-state index < -0.39 is 0 Å². The Morgan fingerprint density at radius 2 is 1.78 bits per heavy atom. The molecule has 2 aromatic rings. The average molecular weight is 370 g/mol. The maximum atomic E-state index is 12.1. The molecule has 0 aliphatic carbocycles. The quantitative estimate of drug-likeness (QED) is 0.745. The molecule has 0 saturated carbocycles. The van der Waals surface area contributed by atoms with Crippen molar-refractivity contribution in [2.45, 2.75) is 33.2 Å². The summed E-state index contributed by atoms with van der Waals surface area (Å²) in [6.45, 7) is 5.77. The van der Waals surface area contributed by atoms with Gasteiger partial charge in [0.05, 0.1) is 7.11 Å². The van der Waals surface area contributed by atoms with E-state index in [1.807, 2.05) is 32.9 Å². The number of carbonyl (C=O) groups excluding carboxylic acids is 2. The van der Waals surface area contributed by atoms with Crippen LogP contribution in [0, 0.1) is 6.92 Å². The van der Waals surface area contributed by atoms with Gasteiger partial charge in [0, 0.05) is 17.3 Å². The average Bonchev–Trinajstić information content (AvgIpc) is 2.67. The number of hydrogen-bond acceptors (Lipinski definition) is 4. The number of aryl methyl sites for hydroxylation is 1. The lowest BCUT2D eigenvalue weighted by molar-refractivity contribution is -0.118. The first-order valence-electron chi connectivity index (χ1n) is 8.91. The second-order valence-electron chi connectivity index (χ2n) is 6.35. The van der Waals surface area contributed by atoms with Crippen LogP contribution < -0.4 is 20.1 Å². The molecule has 2 amide bonds. The lowest BCUT2D eigenvalue weighted by Gasteiger charge is -2.12. The predicted molar refractivity (Wildman–Crippen MR) is 106 cm³/mol. The normalized spacial score (nSPS) is 11.4. The first-order chi connectivity index (χ1) is 12.9. The summed E-state index contributed by atoms with van der Waals surface area (Å²) < 4.78 is 10.8. The van der Waals surface area contributed by atoms with E-state index in [0.717, 1.165) is 12.0 Å². The van der Waals surface area contributed by atoms with Crippen molar-refractivity contribution in [3.63, 3.8) is 0 Å². The van der Waals surface area contributed by atoms with Crippen LogP contribution in [-0.4, -0.2) is 31.6 Å². The highest BCUT2D eigenvalue weighted by atomic mass is 16.5. The van der Waals surface area contributed by atoms with Crippen LogP contribution in [0.3, 0.4) is 0 Å². The van der Waals surface area contributed by atoms with Crippen LogP contribution in [0.5, 0.6) is 11.5 Å². The van der Waals surface area contributed by atoms with E-state index in [1.165, 1.54) is 0 Å². The summed E-state index contributed by atoms with van der Waals surface area (Å²) in [5.74, 6) is 0.668. The second kappa shape index (κ2) is 9.62. The minimum absolute atomic E-state index is 0.118. The highest BCUT2D eigenvalue weighted by Crippen LogP contribution is 2.27. The Bertz CT molecular complexity index is 787. The highest BCUT2D eigenvalue weighted by molar-refractivity contribution is 5.96. The Hall–Kier alpha value is -3.02. The summed E-state index contributed by atoms with van der Waals surface area (Å²) in [6, 6.07) is 12.4. The van der Waals surface area contributed by atoms with Crippen LogP contribution in [0.1, 0.15) is 36.2 Å². The fourth-order valence-corrected chi connectivity index (χ4v) is 2.35. The number of carbonyl (C=O) groups is 2. The number of hydrogen-bond donors (Lipinski definition) is 2. The van der Waals surface area contributed by atoms with Gasteiger partial charge in [-0.1, -0.05) is 13.0 Å². The Morgan fingerprint density at radius 1 is 1.07 bits per heavy atom. The summed E-state index contributed by atoms with van der Waals surface area (Å²) in [5, 5.41) is 5.64. The van der Waals surface area contributed by atoms with Crippen molar-refractivity contribution in [3.8, 4) is 11.5 Å². The third kappa shape index (κ3) is 6.02. The smallest absolute Gasteiger partial charge is 0.262 e. The molecule has 0 aliphatic rings. The molecule has 0 radical (unpaired) electrons. The summed E-state index contributed by atoms with van der Waals surface area (Å²) in [4.78, 5) is 24.2. The number of ether oxygens (including phenoxy) is 2. The maximum absolute atomic E-state index is 12.1. The Balaban J connectivity index is 1.90. The molecule has 2 N–H and O–H groups in total. The van der Waals surface area contributed by atoms with Crippen molar-refractivity contribution in [1.29, 1.82) is 0 Å². The molecular formula is C21H26N2O4. The van der Waals surface area contributed by atoms with Crippen molar-refractivity contribution >= 4 is 17.5 Å². The van der Waals surface area contributed by atoms with Gasteiger partial charge in [0.15, 0.2) is 18.1 Å². The van der Waals surface area contributed by atoms with Gasteiger partial charge in [-0.15, -0.1) is 0 Å². The van der Waals surface area contributed by atoms with Crippen molar-refractivity contribution in [2.24, 2.45) is 0 Å². The van der Waals surface area contributed by atoms with Crippen LogP contribution in [0.4, 0.5) is 5.69 Å². The number of rotatable bonds is 8. The number of benzene rings is 2. The maximum Gasteiger partial charge on any atom is 0.262 e. The Morgan fingerprint density at radius 3 is 2.41 bits per heavy atom. The molecule has 2 rings (SSSR count). The van der Waals surface area contributed by atoms with Crippen LogP contribution in [-0.2, 0) is 4.79 Å². The van der Waals surface area contributed by atoms with Crippen LogP contribution in [0.2, 0.25) is 0 Å². The van der Waals surface area contributed by atoms with Crippen molar-refractivity contribution in [3.05, 3.63) is 53.6 Å². The topological polar surface area (TPSA) is 76.7 Å². The first kappa shape index (κ1) is 20.3. The fraction of sp³-hybridized carbons (Fsp3) is 0.333. The Labute approximate surface area is 159 Å². The molecule has 2 aromatic carbocycles. The third-order valence-electron chi connectivity index (χ3n) is 4.10. The van der Waals surface area contributed by atoms with Gasteiger partial charge in [-0.25, -0.2) is 0 Å².